The van der Waals surface area contributed by atoms with Crippen LogP contribution < -0.4 is 5.32 Å². The van der Waals surface area contributed by atoms with Gasteiger partial charge in [-0.25, -0.2) is 21.1 Å². The SMILES string of the molecule is CC(C)CN(C[C@@H](O)[C@H](Cc1ccccc1)NC(=O)CCS(=O)(=O)N(C)Cc1ccccc1)S(=O)(=O)c1ccc(O)c(O)c1. The summed E-state index contributed by atoms with van der Waals surface area (Å²) in [5.74, 6) is -2.27. The highest BCUT2D eigenvalue weighted by atomic mass is 32.2. The second-order valence-electron chi connectivity index (χ2n) is 11.1. The maximum absolute atomic E-state index is 13.5. The van der Waals surface area contributed by atoms with E-state index in [9.17, 15) is 36.9 Å². The fourth-order valence-corrected chi connectivity index (χ4v) is 7.32. The molecule has 13 heteroatoms. The normalized spacial score (nSPS) is 13.7. The summed E-state index contributed by atoms with van der Waals surface area (Å²) < 4.78 is 55.1. The molecule has 1 amide bonds. The maximum Gasteiger partial charge on any atom is 0.243 e. The third-order valence-electron chi connectivity index (χ3n) is 6.96. The Labute approximate surface area is 259 Å². The number of nitrogens with one attached hydrogen (secondary N) is 1. The van der Waals surface area contributed by atoms with Crippen LogP contribution in [0.15, 0.2) is 83.8 Å². The lowest BCUT2D eigenvalue weighted by Crippen LogP contribution is -2.51. The molecule has 240 valence electrons. The minimum atomic E-state index is -4.23. The molecule has 0 aliphatic heterocycles. The van der Waals surface area contributed by atoms with Crippen molar-refractivity contribution >= 4 is 26.0 Å². The zero-order valence-electron chi connectivity index (χ0n) is 25.1. The average molecular weight is 648 g/mol. The number of rotatable bonds is 16. The van der Waals surface area contributed by atoms with E-state index in [1.807, 2.05) is 38.1 Å². The summed E-state index contributed by atoms with van der Waals surface area (Å²) in [7, 11) is -6.55. The second-order valence-corrected chi connectivity index (χ2v) is 15.2. The van der Waals surface area contributed by atoms with Crippen LogP contribution >= 0.6 is 0 Å². The Kier molecular flexibility index (Phi) is 12.3. The molecule has 0 radical (unpaired) electrons. The van der Waals surface area contributed by atoms with Gasteiger partial charge in [0.25, 0.3) is 0 Å². The van der Waals surface area contributed by atoms with Crippen molar-refractivity contribution in [3.8, 4) is 11.5 Å². The van der Waals surface area contributed by atoms with Gasteiger partial charge in [-0.2, -0.15) is 4.31 Å². The molecule has 44 heavy (non-hydrogen) atoms. The fraction of sp³-hybridized carbons (Fsp3) is 0.387. The van der Waals surface area contributed by atoms with E-state index in [1.165, 1.54) is 11.4 Å². The highest BCUT2D eigenvalue weighted by Gasteiger charge is 2.32. The van der Waals surface area contributed by atoms with Crippen LogP contribution in [0.3, 0.4) is 0 Å². The highest BCUT2D eigenvalue weighted by molar-refractivity contribution is 7.89. The molecule has 0 saturated carbocycles. The molecule has 0 heterocycles. The number of sulfonamides is 2. The number of carbonyl (C=O) groups excluding carboxylic acids is 1. The number of benzene rings is 3. The molecule has 3 aromatic rings. The monoisotopic (exact) mass is 647 g/mol. The van der Waals surface area contributed by atoms with Crippen LogP contribution in [0.1, 0.15) is 31.4 Å². The van der Waals surface area contributed by atoms with E-state index in [1.54, 1.807) is 36.4 Å². The number of aliphatic hydroxyl groups excluding tert-OH is 1. The third-order valence-corrected chi connectivity index (χ3v) is 10.6. The lowest BCUT2D eigenvalue weighted by atomic mass is 10.0. The van der Waals surface area contributed by atoms with Gasteiger partial charge in [0.2, 0.25) is 26.0 Å². The van der Waals surface area contributed by atoms with Gasteiger partial charge in [-0.15, -0.1) is 0 Å². The molecular weight excluding hydrogens is 606 g/mol. The van der Waals surface area contributed by atoms with Gasteiger partial charge in [-0.3, -0.25) is 4.79 Å². The molecule has 3 rings (SSSR count). The first-order chi connectivity index (χ1) is 20.7. The van der Waals surface area contributed by atoms with Gasteiger partial charge < -0.3 is 20.6 Å². The van der Waals surface area contributed by atoms with Crippen molar-refractivity contribution in [2.75, 3.05) is 25.9 Å². The molecule has 0 aromatic heterocycles. The van der Waals surface area contributed by atoms with Crippen molar-refractivity contribution in [3.63, 3.8) is 0 Å². The van der Waals surface area contributed by atoms with E-state index in [2.05, 4.69) is 5.32 Å². The first kappa shape index (κ1) is 35.0. The maximum atomic E-state index is 13.5. The Hall–Kier alpha value is -3.49. The van der Waals surface area contributed by atoms with Crippen LogP contribution in [-0.2, 0) is 37.8 Å². The average Bonchev–Trinajstić information content (AvgIpc) is 2.97. The number of phenolic OH excluding ortho intramolecular Hbond substituents is 2. The number of carbonyl (C=O) groups is 1. The van der Waals surface area contributed by atoms with E-state index in [4.69, 9.17) is 0 Å². The molecule has 0 spiro atoms. The van der Waals surface area contributed by atoms with Crippen molar-refractivity contribution < 1.29 is 36.9 Å². The van der Waals surface area contributed by atoms with Crippen LogP contribution in [-0.4, -0.2) is 84.7 Å². The van der Waals surface area contributed by atoms with Gasteiger partial charge in [0, 0.05) is 39.2 Å². The summed E-state index contributed by atoms with van der Waals surface area (Å²) in [6, 6.07) is 20.3. The fourth-order valence-electron chi connectivity index (χ4n) is 4.57. The van der Waals surface area contributed by atoms with Crippen molar-refractivity contribution in [1.29, 1.82) is 0 Å². The van der Waals surface area contributed by atoms with Gasteiger partial charge in [-0.1, -0.05) is 74.5 Å². The van der Waals surface area contributed by atoms with E-state index >= 15 is 0 Å². The van der Waals surface area contributed by atoms with Crippen LogP contribution in [0, 0.1) is 5.92 Å². The first-order valence-corrected chi connectivity index (χ1v) is 17.3. The molecule has 0 aliphatic carbocycles. The zero-order chi connectivity index (χ0) is 32.5. The summed E-state index contributed by atoms with van der Waals surface area (Å²) >= 11 is 0. The van der Waals surface area contributed by atoms with Crippen molar-refractivity contribution in [2.24, 2.45) is 5.92 Å². The van der Waals surface area contributed by atoms with Crippen LogP contribution in [0.25, 0.3) is 0 Å². The van der Waals surface area contributed by atoms with E-state index in [0.717, 1.165) is 33.6 Å². The molecule has 2 atom stereocenters. The van der Waals surface area contributed by atoms with E-state index in [-0.39, 0.29) is 36.7 Å². The quantitative estimate of drug-likeness (QED) is 0.172. The number of hydrogen-bond acceptors (Lipinski definition) is 8. The van der Waals surface area contributed by atoms with Crippen molar-refractivity contribution in [2.45, 2.75) is 50.3 Å². The second kappa shape index (κ2) is 15.5. The Morgan fingerprint density at radius 1 is 0.841 bits per heavy atom. The first-order valence-electron chi connectivity index (χ1n) is 14.2. The van der Waals surface area contributed by atoms with Gasteiger partial charge in [0.05, 0.1) is 22.8 Å². The molecule has 4 N–H and O–H groups in total. The standard InChI is InChI=1S/C31H41N3O8S2/c1-23(2)20-34(44(41,42)26-14-15-28(35)29(36)19-26)22-30(37)27(18-24-10-6-4-7-11-24)32-31(38)16-17-43(39,40)33(3)21-25-12-8-5-9-13-25/h4-15,19,23,27,30,35-37H,16-18,20-22H2,1-3H3,(H,32,38)/t27-,30+/m0/s1. The van der Waals surface area contributed by atoms with Crippen LogP contribution in [0.4, 0.5) is 0 Å². The number of aliphatic hydroxyl groups is 1. The van der Waals surface area contributed by atoms with Crippen molar-refractivity contribution in [3.05, 3.63) is 90.0 Å². The number of amides is 1. The summed E-state index contributed by atoms with van der Waals surface area (Å²) in [6.07, 6.45) is -1.58. The van der Waals surface area contributed by atoms with Crippen molar-refractivity contribution in [1.82, 2.24) is 13.9 Å². The molecule has 0 aliphatic rings. The predicted octanol–water partition coefficient (Wildman–Crippen LogP) is 2.68. The molecule has 0 saturated heterocycles. The molecule has 3 aromatic carbocycles. The Bertz CT molecular complexity index is 1580. The Morgan fingerprint density at radius 3 is 2.00 bits per heavy atom. The predicted molar refractivity (Wildman–Crippen MR) is 168 cm³/mol. The molecule has 0 fully saturated rings. The van der Waals surface area contributed by atoms with Gasteiger partial charge in [-0.05, 0) is 35.6 Å². The zero-order valence-corrected chi connectivity index (χ0v) is 26.7. The summed E-state index contributed by atoms with van der Waals surface area (Å²) in [6.45, 7) is 3.40. The number of nitrogens with zero attached hydrogens (tertiary/aromatic N) is 2. The minimum absolute atomic E-state index is 0.0268. The highest BCUT2D eigenvalue weighted by Crippen LogP contribution is 2.29. The van der Waals surface area contributed by atoms with Gasteiger partial charge >= 0.3 is 0 Å². The molecular formula is C31H41N3O8S2. The van der Waals surface area contributed by atoms with Gasteiger partial charge in [0.15, 0.2) is 11.5 Å². The Balaban J connectivity index is 1.77. The number of phenols is 2. The lowest BCUT2D eigenvalue weighted by Gasteiger charge is -2.31. The lowest BCUT2D eigenvalue weighted by molar-refractivity contribution is -0.122. The van der Waals surface area contributed by atoms with Crippen LogP contribution in [0.5, 0.6) is 11.5 Å². The topological polar surface area (TPSA) is 165 Å². The molecule has 0 bridgehead atoms. The van der Waals surface area contributed by atoms with Gasteiger partial charge in [0.1, 0.15) is 0 Å². The van der Waals surface area contributed by atoms with Crippen LogP contribution in [0.2, 0.25) is 0 Å². The van der Waals surface area contributed by atoms with E-state index < -0.39 is 61.9 Å². The largest absolute Gasteiger partial charge is 0.504 e. The molecule has 0 unspecified atom stereocenters. The Morgan fingerprint density at radius 2 is 1.43 bits per heavy atom. The summed E-state index contributed by atoms with van der Waals surface area (Å²) in [5.41, 5.74) is 1.58. The smallest absolute Gasteiger partial charge is 0.243 e. The summed E-state index contributed by atoms with van der Waals surface area (Å²) in [4.78, 5) is 12.8. The summed E-state index contributed by atoms with van der Waals surface area (Å²) in [5, 5.41) is 33.6. The van der Waals surface area contributed by atoms with E-state index in [0.29, 0.717) is 0 Å². The number of aromatic hydroxyl groups is 2. The number of hydrogen-bond donors (Lipinski definition) is 4. The third kappa shape index (κ3) is 10.0. The molecule has 11 nitrogen and oxygen atoms in total. The minimum Gasteiger partial charge on any atom is -0.504 e.